The van der Waals surface area contributed by atoms with Gasteiger partial charge in [-0.25, -0.2) is 4.98 Å². The zero-order valence-corrected chi connectivity index (χ0v) is 14.1. The van der Waals surface area contributed by atoms with E-state index in [1.165, 1.54) is 0 Å². The van der Waals surface area contributed by atoms with Crippen LogP contribution in [-0.4, -0.2) is 28.9 Å². The number of likely N-dealkylation sites (tertiary alicyclic amines) is 1. The van der Waals surface area contributed by atoms with Crippen LogP contribution in [-0.2, 0) is 17.1 Å². The largest absolute Gasteiger partial charge is 0.342 e. The fourth-order valence-corrected chi connectivity index (χ4v) is 3.58. The van der Waals surface area contributed by atoms with Gasteiger partial charge in [-0.2, -0.15) is 0 Å². The number of hydrogen-bond acceptors (Lipinski definition) is 3. The van der Waals surface area contributed by atoms with Crippen LogP contribution in [0.15, 0.2) is 5.38 Å². The van der Waals surface area contributed by atoms with Crippen molar-refractivity contribution in [2.24, 2.45) is 11.3 Å². The van der Waals surface area contributed by atoms with E-state index < -0.39 is 0 Å². The van der Waals surface area contributed by atoms with Gasteiger partial charge in [-0.3, -0.25) is 4.79 Å². The van der Waals surface area contributed by atoms with E-state index in [9.17, 15) is 4.79 Å². The first kappa shape index (κ1) is 15.8. The molecule has 1 aromatic rings. The van der Waals surface area contributed by atoms with E-state index in [1.807, 2.05) is 10.3 Å². The molecule has 5 heteroatoms. The number of aromatic nitrogens is 1. The first-order valence-electron chi connectivity index (χ1n) is 7.17. The molecule has 112 valence electrons. The van der Waals surface area contributed by atoms with Crippen molar-refractivity contribution in [3.63, 3.8) is 0 Å². The number of carbonyl (C=O) groups is 1. The number of thiazole rings is 1. The highest BCUT2D eigenvalue weighted by molar-refractivity contribution is 7.09. The minimum absolute atomic E-state index is 0.217. The molecule has 0 aliphatic carbocycles. The Labute approximate surface area is 130 Å². The smallest absolute Gasteiger partial charge is 0.222 e. The number of nitrogens with zero attached hydrogens (tertiary/aromatic N) is 2. The van der Waals surface area contributed by atoms with Crippen molar-refractivity contribution in [2.45, 2.75) is 45.9 Å². The number of alkyl halides is 1. The molecule has 0 bridgehead atoms. The Bertz CT molecular complexity index is 467. The number of aryl methyl sites for hydroxylation is 1. The second kappa shape index (κ2) is 6.44. The summed E-state index contributed by atoms with van der Waals surface area (Å²) in [5.41, 5.74) is 1.17. The fourth-order valence-electron chi connectivity index (χ4n) is 2.51. The molecule has 1 aliphatic rings. The summed E-state index contributed by atoms with van der Waals surface area (Å²) in [4.78, 5) is 18.5. The van der Waals surface area contributed by atoms with Gasteiger partial charge in [0.25, 0.3) is 0 Å². The molecule has 1 amide bonds. The van der Waals surface area contributed by atoms with E-state index in [0.717, 1.165) is 36.6 Å². The summed E-state index contributed by atoms with van der Waals surface area (Å²) in [6.07, 6.45) is 2.63. The van der Waals surface area contributed by atoms with Crippen LogP contribution in [0.4, 0.5) is 0 Å². The summed E-state index contributed by atoms with van der Waals surface area (Å²) in [6.45, 7) is 8.42. The Morgan fingerprint density at radius 1 is 1.50 bits per heavy atom. The van der Waals surface area contributed by atoms with E-state index in [2.05, 4.69) is 25.8 Å². The molecule has 2 heterocycles. The summed E-state index contributed by atoms with van der Waals surface area (Å²) < 4.78 is 0. The maximum Gasteiger partial charge on any atom is 0.222 e. The molecule has 20 heavy (non-hydrogen) atoms. The van der Waals surface area contributed by atoms with E-state index in [-0.39, 0.29) is 5.41 Å². The predicted molar refractivity (Wildman–Crippen MR) is 84.1 cm³/mol. The van der Waals surface area contributed by atoms with E-state index in [1.54, 1.807) is 11.3 Å². The first-order chi connectivity index (χ1) is 9.40. The second-order valence-corrected chi connectivity index (χ2v) is 7.79. The average molecular weight is 315 g/mol. The Morgan fingerprint density at radius 2 is 2.25 bits per heavy atom. The Kier molecular flexibility index (Phi) is 5.08. The maximum absolute atomic E-state index is 12.0. The summed E-state index contributed by atoms with van der Waals surface area (Å²) in [7, 11) is 0. The SMILES string of the molecule is CC(C)(C)C1CC(=O)N(CCCc2nc(CCl)cs2)C1. The minimum atomic E-state index is 0.217. The number of rotatable bonds is 5. The van der Waals surface area contributed by atoms with E-state index in [0.29, 0.717) is 24.1 Å². The van der Waals surface area contributed by atoms with Gasteiger partial charge >= 0.3 is 0 Å². The van der Waals surface area contributed by atoms with Gasteiger partial charge in [0.15, 0.2) is 0 Å². The second-order valence-electron chi connectivity index (χ2n) is 6.58. The lowest BCUT2D eigenvalue weighted by Gasteiger charge is -2.26. The molecule has 0 radical (unpaired) electrons. The number of carbonyl (C=O) groups excluding carboxylic acids is 1. The van der Waals surface area contributed by atoms with Crippen LogP contribution < -0.4 is 0 Å². The zero-order valence-electron chi connectivity index (χ0n) is 12.5. The van der Waals surface area contributed by atoms with Crippen molar-refractivity contribution in [1.82, 2.24) is 9.88 Å². The number of halogens is 1. The molecule has 0 spiro atoms. The molecular weight excluding hydrogens is 292 g/mol. The lowest BCUT2D eigenvalue weighted by atomic mass is 9.80. The molecule has 3 nitrogen and oxygen atoms in total. The van der Waals surface area contributed by atoms with Crippen molar-refractivity contribution in [2.75, 3.05) is 13.1 Å². The third kappa shape index (κ3) is 3.95. The summed E-state index contributed by atoms with van der Waals surface area (Å²) in [5.74, 6) is 1.28. The molecule has 0 saturated carbocycles. The van der Waals surface area contributed by atoms with Gasteiger partial charge in [-0.15, -0.1) is 22.9 Å². The molecule has 2 rings (SSSR count). The predicted octanol–water partition coefficient (Wildman–Crippen LogP) is 3.71. The van der Waals surface area contributed by atoms with Crippen molar-refractivity contribution >= 4 is 28.8 Å². The van der Waals surface area contributed by atoms with Crippen LogP contribution in [0, 0.1) is 11.3 Å². The zero-order chi connectivity index (χ0) is 14.8. The summed E-state index contributed by atoms with van der Waals surface area (Å²) in [5, 5.41) is 3.14. The van der Waals surface area contributed by atoms with Crippen LogP contribution in [0.3, 0.4) is 0 Å². The molecular formula is C15H23ClN2OS. The lowest BCUT2D eigenvalue weighted by molar-refractivity contribution is -0.127. The normalized spacial score (nSPS) is 19.9. The van der Waals surface area contributed by atoms with E-state index in [4.69, 9.17) is 11.6 Å². The Morgan fingerprint density at radius 3 is 2.80 bits per heavy atom. The van der Waals surface area contributed by atoms with Crippen molar-refractivity contribution in [3.8, 4) is 0 Å². The van der Waals surface area contributed by atoms with Crippen molar-refractivity contribution < 1.29 is 4.79 Å². The number of amides is 1. The molecule has 1 atom stereocenters. The van der Waals surface area contributed by atoms with Gasteiger partial charge in [-0.1, -0.05) is 20.8 Å². The van der Waals surface area contributed by atoms with E-state index >= 15 is 0 Å². The van der Waals surface area contributed by atoms with Gasteiger partial charge < -0.3 is 4.90 Å². The average Bonchev–Trinajstić information content (AvgIpc) is 2.96. The molecule has 1 unspecified atom stereocenters. The highest BCUT2D eigenvalue weighted by atomic mass is 35.5. The topological polar surface area (TPSA) is 33.2 Å². The van der Waals surface area contributed by atoms with Gasteiger partial charge in [0.05, 0.1) is 16.6 Å². The van der Waals surface area contributed by atoms with Crippen LogP contribution in [0.5, 0.6) is 0 Å². The van der Waals surface area contributed by atoms with Crippen LogP contribution in [0.25, 0.3) is 0 Å². The van der Waals surface area contributed by atoms with Gasteiger partial charge in [0, 0.05) is 31.3 Å². The third-order valence-corrected chi connectivity index (χ3v) is 5.23. The maximum atomic E-state index is 12.0. The number of hydrogen-bond donors (Lipinski definition) is 0. The first-order valence-corrected chi connectivity index (χ1v) is 8.58. The monoisotopic (exact) mass is 314 g/mol. The quantitative estimate of drug-likeness (QED) is 0.776. The molecule has 1 aliphatic heterocycles. The minimum Gasteiger partial charge on any atom is -0.342 e. The molecule has 1 saturated heterocycles. The van der Waals surface area contributed by atoms with Crippen molar-refractivity contribution in [3.05, 3.63) is 16.1 Å². The molecule has 1 fully saturated rings. The fraction of sp³-hybridized carbons (Fsp3) is 0.733. The van der Waals surface area contributed by atoms with Crippen LogP contribution in [0.1, 0.15) is 44.3 Å². The molecule has 1 aromatic heterocycles. The Balaban J connectivity index is 1.78. The molecule has 0 aromatic carbocycles. The highest BCUT2D eigenvalue weighted by Gasteiger charge is 2.36. The standard InChI is InChI=1S/C15H23ClN2OS/c1-15(2,3)11-7-14(19)18(9-11)6-4-5-13-17-12(8-16)10-20-13/h10-11H,4-9H2,1-3H3. The third-order valence-electron chi connectivity index (χ3n) is 3.99. The molecule has 0 N–H and O–H groups in total. The summed E-state index contributed by atoms with van der Waals surface area (Å²) in [6, 6.07) is 0. The summed E-state index contributed by atoms with van der Waals surface area (Å²) >= 11 is 7.41. The van der Waals surface area contributed by atoms with Gasteiger partial charge in [0.2, 0.25) is 5.91 Å². The van der Waals surface area contributed by atoms with Gasteiger partial charge in [-0.05, 0) is 17.8 Å². The Hall–Kier alpha value is -0.610. The van der Waals surface area contributed by atoms with Crippen molar-refractivity contribution in [1.29, 1.82) is 0 Å². The van der Waals surface area contributed by atoms with Crippen LogP contribution in [0.2, 0.25) is 0 Å². The lowest BCUT2D eigenvalue weighted by Crippen LogP contribution is -2.28. The van der Waals surface area contributed by atoms with Gasteiger partial charge in [0.1, 0.15) is 0 Å². The van der Waals surface area contributed by atoms with Crippen LogP contribution >= 0.6 is 22.9 Å². The highest BCUT2D eigenvalue weighted by Crippen LogP contribution is 2.34.